The van der Waals surface area contributed by atoms with Crippen LogP contribution in [0.1, 0.15) is 41.6 Å². The predicted octanol–water partition coefficient (Wildman–Crippen LogP) is 3.91. The number of alkyl halides is 1. The van der Waals surface area contributed by atoms with Crippen molar-refractivity contribution in [1.82, 2.24) is 4.90 Å². The summed E-state index contributed by atoms with van der Waals surface area (Å²) in [6.45, 7) is 4.23. The first-order valence-electron chi connectivity index (χ1n) is 9.13. The van der Waals surface area contributed by atoms with Crippen LogP contribution in [0.25, 0.3) is 0 Å². The van der Waals surface area contributed by atoms with Gasteiger partial charge in [0, 0.05) is 44.0 Å². The Labute approximate surface area is 157 Å². The normalized spacial score (nSPS) is 28.3. The zero-order chi connectivity index (χ0) is 18.5. The number of hydrogen-bond donors (Lipinski definition) is 1. The van der Waals surface area contributed by atoms with Crippen molar-refractivity contribution in [2.75, 3.05) is 26.3 Å². The van der Waals surface area contributed by atoms with Gasteiger partial charge in [-0.25, -0.2) is 4.79 Å². The fourth-order valence-corrected chi connectivity index (χ4v) is 4.56. The van der Waals surface area contributed by atoms with Crippen molar-refractivity contribution in [2.24, 2.45) is 11.8 Å². The largest absolute Gasteiger partial charge is 0.478 e. The molecule has 1 saturated carbocycles. The Hall–Kier alpha value is -1.53. The van der Waals surface area contributed by atoms with Crippen LogP contribution in [0.4, 0.5) is 4.39 Å². The minimum absolute atomic E-state index is 0.142. The second-order valence-corrected chi connectivity index (χ2v) is 8.20. The molecule has 2 heterocycles. The summed E-state index contributed by atoms with van der Waals surface area (Å²) < 4.78 is 24.8. The number of carboxylic acids is 1. The van der Waals surface area contributed by atoms with Gasteiger partial charge in [-0.3, -0.25) is 4.39 Å². The van der Waals surface area contributed by atoms with Crippen molar-refractivity contribution in [2.45, 2.75) is 38.4 Å². The molecule has 1 aromatic rings. The third kappa shape index (κ3) is 3.03. The second kappa shape index (κ2) is 6.57. The number of carboxylic acid groups (broad SMARTS) is 1. The highest BCUT2D eigenvalue weighted by atomic mass is 35.5. The highest BCUT2D eigenvalue weighted by molar-refractivity contribution is 6.32. The van der Waals surface area contributed by atoms with Crippen molar-refractivity contribution < 1.29 is 23.8 Å². The molecule has 0 aromatic heterocycles. The minimum Gasteiger partial charge on any atom is -0.478 e. The molecule has 3 aliphatic rings. The number of benzene rings is 1. The zero-order valence-electron chi connectivity index (χ0n) is 14.8. The van der Waals surface area contributed by atoms with Gasteiger partial charge in [0.1, 0.15) is 0 Å². The highest BCUT2D eigenvalue weighted by Gasteiger charge is 2.47. The quantitative estimate of drug-likeness (QED) is 0.854. The molecule has 1 aliphatic carbocycles. The highest BCUT2D eigenvalue weighted by Crippen LogP contribution is 2.52. The van der Waals surface area contributed by atoms with Crippen LogP contribution in [0.15, 0.2) is 6.07 Å². The SMILES string of the molecule is Cc1c(C(=O)O)cc(Cl)c2c1OC1(CCC(CN3CC(CF)C3)CC1)O2. The van der Waals surface area contributed by atoms with Gasteiger partial charge in [0.2, 0.25) is 0 Å². The fourth-order valence-electron chi connectivity index (χ4n) is 4.33. The molecule has 0 atom stereocenters. The van der Waals surface area contributed by atoms with Crippen LogP contribution in [0, 0.1) is 18.8 Å². The number of rotatable bonds is 4. The Kier molecular flexibility index (Phi) is 4.51. The van der Waals surface area contributed by atoms with E-state index in [-0.39, 0.29) is 23.2 Å². The van der Waals surface area contributed by atoms with Gasteiger partial charge in [0.05, 0.1) is 17.3 Å². The van der Waals surface area contributed by atoms with Crippen molar-refractivity contribution in [3.05, 3.63) is 22.2 Å². The van der Waals surface area contributed by atoms with Gasteiger partial charge in [0.25, 0.3) is 5.79 Å². The average molecular weight is 384 g/mol. The Balaban J connectivity index is 1.41. The molecular formula is C19H23ClFNO4. The van der Waals surface area contributed by atoms with E-state index in [0.29, 0.717) is 23.0 Å². The predicted molar refractivity (Wildman–Crippen MR) is 95.0 cm³/mol. The molecule has 2 fully saturated rings. The molecule has 26 heavy (non-hydrogen) atoms. The monoisotopic (exact) mass is 383 g/mol. The summed E-state index contributed by atoms with van der Waals surface area (Å²) in [4.78, 5) is 13.7. The number of nitrogens with zero attached hydrogens (tertiary/aromatic N) is 1. The van der Waals surface area contributed by atoms with Gasteiger partial charge < -0.3 is 19.5 Å². The van der Waals surface area contributed by atoms with Crippen molar-refractivity contribution in [3.8, 4) is 11.5 Å². The molecule has 2 aliphatic heterocycles. The van der Waals surface area contributed by atoms with Gasteiger partial charge in [0.15, 0.2) is 11.5 Å². The third-order valence-corrected chi connectivity index (χ3v) is 6.16. The van der Waals surface area contributed by atoms with E-state index in [0.717, 1.165) is 45.3 Å². The molecule has 1 spiro atoms. The van der Waals surface area contributed by atoms with E-state index in [1.807, 2.05) is 0 Å². The Morgan fingerprint density at radius 2 is 1.96 bits per heavy atom. The van der Waals surface area contributed by atoms with E-state index in [1.165, 1.54) is 6.07 Å². The Morgan fingerprint density at radius 1 is 1.31 bits per heavy atom. The van der Waals surface area contributed by atoms with Crippen LogP contribution >= 0.6 is 11.6 Å². The van der Waals surface area contributed by atoms with Gasteiger partial charge in [-0.15, -0.1) is 0 Å². The van der Waals surface area contributed by atoms with E-state index in [4.69, 9.17) is 21.1 Å². The van der Waals surface area contributed by atoms with Crippen molar-refractivity contribution >= 4 is 17.6 Å². The van der Waals surface area contributed by atoms with Gasteiger partial charge in [-0.1, -0.05) is 11.6 Å². The summed E-state index contributed by atoms with van der Waals surface area (Å²) in [5.41, 5.74) is 0.692. The lowest BCUT2D eigenvalue weighted by molar-refractivity contribution is -0.116. The van der Waals surface area contributed by atoms with E-state index in [2.05, 4.69) is 4.90 Å². The first-order chi connectivity index (χ1) is 12.4. The number of hydrogen-bond acceptors (Lipinski definition) is 4. The lowest BCUT2D eigenvalue weighted by atomic mass is 9.84. The average Bonchev–Trinajstić information content (AvgIpc) is 2.96. The fraction of sp³-hybridized carbons (Fsp3) is 0.632. The molecule has 0 amide bonds. The van der Waals surface area contributed by atoms with E-state index in [9.17, 15) is 14.3 Å². The summed E-state index contributed by atoms with van der Waals surface area (Å²) in [6, 6.07) is 1.43. The molecule has 142 valence electrons. The number of halogens is 2. The number of ether oxygens (including phenoxy) is 2. The van der Waals surface area contributed by atoms with E-state index < -0.39 is 11.8 Å². The third-order valence-electron chi connectivity index (χ3n) is 5.88. The molecule has 4 rings (SSSR count). The van der Waals surface area contributed by atoms with Crippen LogP contribution in [0.5, 0.6) is 11.5 Å². The minimum atomic E-state index is -1.03. The van der Waals surface area contributed by atoms with Crippen LogP contribution in [-0.2, 0) is 0 Å². The van der Waals surface area contributed by atoms with E-state index >= 15 is 0 Å². The number of carbonyl (C=O) groups is 1. The van der Waals surface area contributed by atoms with Crippen molar-refractivity contribution in [1.29, 1.82) is 0 Å². The molecule has 0 bridgehead atoms. The zero-order valence-corrected chi connectivity index (χ0v) is 15.5. The van der Waals surface area contributed by atoms with Crippen LogP contribution in [-0.4, -0.2) is 48.1 Å². The molecule has 1 aromatic carbocycles. The summed E-state index contributed by atoms with van der Waals surface area (Å²) in [6.07, 6.45) is 3.41. The molecule has 1 N–H and O–H groups in total. The Morgan fingerprint density at radius 3 is 2.58 bits per heavy atom. The lowest BCUT2D eigenvalue weighted by Crippen LogP contribution is -2.51. The number of fused-ring (bicyclic) bond motifs is 1. The maximum Gasteiger partial charge on any atom is 0.336 e. The first-order valence-corrected chi connectivity index (χ1v) is 9.51. The van der Waals surface area contributed by atoms with Crippen LogP contribution in [0.3, 0.4) is 0 Å². The van der Waals surface area contributed by atoms with Crippen LogP contribution < -0.4 is 9.47 Å². The summed E-state index contributed by atoms with van der Waals surface area (Å²) in [5, 5.41) is 9.60. The molecular weight excluding hydrogens is 361 g/mol. The standard InChI is InChI=1S/C19H23ClFNO4/c1-11-14(18(23)24)6-15(20)17-16(11)25-19(26-17)4-2-12(3-5-19)8-22-9-13(7-21)10-22/h6,12-13H,2-5,7-10H2,1H3,(H,23,24). The summed E-state index contributed by atoms with van der Waals surface area (Å²) >= 11 is 6.24. The lowest BCUT2D eigenvalue weighted by Gasteiger charge is -2.42. The Bertz CT molecular complexity index is 727. The molecule has 1 saturated heterocycles. The summed E-state index contributed by atoms with van der Waals surface area (Å²) in [5.74, 6) is -0.0665. The van der Waals surface area contributed by atoms with E-state index in [1.54, 1.807) is 6.92 Å². The molecule has 0 unspecified atom stereocenters. The first kappa shape index (κ1) is 17.9. The molecule has 0 radical (unpaired) electrons. The van der Waals surface area contributed by atoms with Gasteiger partial charge in [-0.2, -0.15) is 0 Å². The second-order valence-electron chi connectivity index (χ2n) is 7.79. The maximum atomic E-state index is 12.6. The maximum absolute atomic E-state index is 12.6. The van der Waals surface area contributed by atoms with Crippen LogP contribution in [0.2, 0.25) is 5.02 Å². The smallest absolute Gasteiger partial charge is 0.336 e. The molecule has 5 nitrogen and oxygen atoms in total. The van der Waals surface area contributed by atoms with Crippen molar-refractivity contribution in [3.63, 3.8) is 0 Å². The van der Waals surface area contributed by atoms with Gasteiger partial charge in [-0.05, 0) is 31.7 Å². The number of aromatic carboxylic acids is 1. The summed E-state index contributed by atoms with van der Waals surface area (Å²) in [7, 11) is 0. The topological polar surface area (TPSA) is 59.0 Å². The van der Waals surface area contributed by atoms with Gasteiger partial charge >= 0.3 is 5.97 Å². The molecule has 7 heteroatoms. The number of likely N-dealkylation sites (tertiary alicyclic amines) is 1.